The maximum atomic E-state index is 12.1. The van der Waals surface area contributed by atoms with E-state index in [0.717, 1.165) is 16.9 Å². The molecule has 0 unspecified atom stereocenters. The van der Waals surface area contributed by atoms with Crippen LogP contribution in [0.1, 0.15) is 23.1 Å². The van der Waals surface area contributed by atoms with Crippen molar-refractivity contribution in [1.29, 1.82) is 0 Å². The Bertz CT molecular complexity index is 1150. The molecule has 0 saturated heterocycles. The molecule has 10 nitrogen and oxygen atoms in total. The normalized spacial score (nSPS) is 10.8. The highest BCUT2D eigenvalue weighted by Gasteiger charge is 2.28. The predicted molar refractivity (Wildman–Crippen MR) is 129 cm³/mol. The summed E-state index contributed by atoms with van der Waals surface area (Å²) in [4.78, 5) is 25.3. The summed E-state index contributed by atoms with van der Waals surface area (Å²) in [6, 6.07) is 12.2. The van der Waals surface area contributed by atoms with Crippen molar-refractivity contribution in [2.75, 3.05) is 45.0 Å². The Labute approximate surface area is 227 Å². The van der Waals surface area contributed by atoms with Crippen LogP contribution in [0.15, 0.2) is 42.5 Å². The number of aromatic carboxylic acids is 1. The van der Waals surface area contributed by atoms with Crippen LogP contribution in [0.2, 0.25) is 0 Å². The lowest BCUT2D eigenvalue weighted by Gasteiger charge is -2.18. The number of fused-ring (bicyclic) bond motifs is 1. The fourth-order valence-corrected chi connectivity index (χ4v) is 4.05. The van der Waals surface area contributed by atoms with Crippen molar-refractivity contribution in [2.24, 2.45) is 0 Å². The van der Waals surface area contributed by atoms with Gasteiger partial charge in [-0.25, -0.2) is 13.9 Å². The van der Waals surface area contributed by atoms with Gasteiger partial charge in [-0.1, -0.05) is 12.1 Å². The number of carbonyl (C=O) groups excluding carboxylic acids is 1. The maximum Gasteiger partial charge on any atom is 0.337 e. The van der Waals surface area contributed by atoms with Crippen molar-refractivity contribution in [3.05, 3.63) is 53.9 Å². The Kier molecular flexibility index (Phi) is 12.1. The molecule has 0 bridgehead atoms. The van der Waals surface area contributed by atoms with Crippen molar-refractivity contribution in [2.45, 2.75) is 26.6 Å². The smallest absolute Gasteiger partial charge is 0.337 e. The molecule has 0 aliphatic heterocycles. The number of halogens is 1. The second-order valence-electron chi connectivity index (χ2n) is 7.67. The predicted octanol–water partition coefficient (Wildman–Crippen LogP) is -1.15. The van der Waals surface area contributed by atoms with E-state index in [1.807, 2.05) is 25.1 Å². The highest BCUT2D eigenvalue weighted by Crippen LogP contribution is 2.25. The first-order valence-corrected chi connectivity index (χ1v) is 11.4. The molecule has 1 heterocycles. The second-order valence-corrected chi connectivity index (χ2v) is 7.67. The Morgan fingerprint density at radius 3 is 2.47 bits per heavy atom. The third-order valence-electron chi connectivity index (χ3n) is 5.65. The van der Waals surface area contributed by atoms with Crippen molar-refractivity contribution < 1.29 is 62.6 Å². The fraction of sp³-hybridized carbons (Fsp3) is 0.400. The number of amides is 1. The number of hydrogen-bond acceptors (Lipinski definition) is 6. The first-order valence-electron chi connectivity index (χ1n) is 11.4. The minimum atomic E-state index is -1.10. The van der Waals surface area contributed by atoms with Gasteiger partial charge in [-0.15, -0.1) is 0 Å². The molecule has 3 aromatic rings. The third kappa shape index (κ3) is 6.93. The SMILES string of the molecule is CCn1c(CN(C=O)c2ccccc2C(=O)O)[n+](CCOCCOCCO)c2ccc(OC)cc21.[I-]. The second kappa shape index (κ2) is 14.7. The number of anilines is 1. The third-order valence-corrected chi connectivity index (χ3v) is 5.65. The summed E-state index contributed by atoms with van der Waals surface area (Å²) >= 11 is 0. The van der Waals surface area contributed by atoms with Crippen molar-refractivity contribution >= 4 is 29.1 Å². The van der Waals surface area contributed by atoms with Crippen LogP contribution in [-0.4, -0.2) is 67.3 Å². The monoisotopic (exact) mass is 613 g/mol. The van der Waals surface area contributed by atoms with Gasteiger partial charge in [-0.05, 0) is 31.2 Å². The number of carboxylic acids is 1. The molecular formula is C25H32IN3O7. The molecule has 1 aromatic heterocycles. The van der Waals surface area contributed by atoms with Crippen LogP contribution in [0, 0.1) is 0 Å². The largest absolute Gasteiger partial charge is 1.00 e. The van der Waals surface area contributed by atoms with Crippen LogP contribution < -0.4 is 38.2 Å². The van der Waals surface area contributed by atoms with Crippen LogP contribution in [0.3, 0.4) is 0 Å². The highest BCUT2D eigenvalue weighted by molar-refractivity contribution is 5.97. The number of hydrogen-bond donors (Lipinski definition) is 2. The molecule has 0 fully saturated rings. The number of para-hydroxylation sites is 1. The standard InChI is InChI=1S/C25H31N3O7.HI/c1-3-27-23-16-19(33-2)8-9-22(23)28(10-12-34-14-15-35-13-11-29)24(27)17-26(18-30)21-7-5-4-6-20(21)25(31)32;/h4-9,16,18,29H,3,10-15,17H2,1-2H3;1H. The minimum absolute atomic E-state index is 0. The summed E-state index contributed by atoms with van der Waals surface area (Å²) < 4.78 is 20.5. The quantitative estimate of drug-likeness (QED) is 0.0964. The zero-order valence-corrected chi connectivity index (χ0v) is 22.6. The zero-order valence-electron chi connectivity index (χ0n) is 20.4. The number of aromatic nitrogens is 2. The number of aliphatic hydroxyl groups is 1. The summed E-state index contributed by atoms with van der Waals surface area (Å²) in [5, 5.41) is 18.4. The molecule has 2 aromatic carbocycles. The number of aryl methyl sites for hydroxylation is 1. The molecule has 0 aliphatic rings. The van der Waals surface area contributed by atoms with Crippen molar-refractivity contribution in [3.63, 3.8) is 0 Å². The molecule has 2 N–H and O–H groups in total. The molecule has 0 atom stereocenters. The first kappa shape index (κ1) is 29.5. The van der Waals surface area contributed by atoms with E-state index in [-0.39, 0.29) is 49.3 Å². The Morgan fingerprint density at radius 2 is 1.83 bits per heavy atom. The van der Waals surface area contributed by atoms with Gasteiger partial charge in [0.2, 0.25) is 6.41 Å². The Hall–Kier alpha value is -2.74. The number of ether oxygens (including phenoxy) is 3. The summed E-state index contributed by atoms with van der Waals surface area (Å²) in [6.07, 6.45) is 0.652. The topological polar surface area (TPSA) is 114 Å². The van der Waals surface area contributed by atoms with Crippen LogP contribution in [-0.2, 0) is 33.9 Å². The summed E-state index contributed by atoms with van der Waals surface area (Å²) in [7, 11) is 1.61. The van der Waals surface area contributed by atoms with E-state index in [0.29, 0.717) is 50.8 Å². The van der Waals surface area contributed by atoms with Gasteiger partial charge in [-0.2, -0.15) is 0 Å². The molecule has 3 rings (SSSR count). The Morgan fingerprint density at radius 1 is 1.11 bits per heavy atom. The maximum absolute atomic E-state index is 12.1. The number of aliphatic hydroxyl groups excluding tert-OH is 1. The van der Waals surface area contributed by atoms with Crippen molar-refractivity contribution in [3.8, 4) is 5.75 Å². The number of methoxy groups -OCH3 is 1. The summed E-state index contributed by atoms with van der Waals surface area (Å²) in [6.45, 7) is 4.75. The number of carboxylic acid groups (broad SMARTS) is 1. The molecule has 196 valence electrons. The van der Waals surface area contributed by atoms with Gasteiger partial charge in [0.1, 0.15) is 18.8 Å². The number of benzene rings is 2. The van der Waals surface area contributed by atoms with Crippen LogP contribution >= 0.6 is 0 Å². The fourth-order valence-electron chi connectivity index (χ4n) is 4.05. The number of rotatable bonds is 15. The lowest BCUT2D eigenvalue weighted by molar-refractivity contribution is -0.681. The summed E-state index contributed by atoms with van der Waals surface area (Å²) in [5.74, 6) is 0.435. The molecule has 0 saturated carbocycles. The van der Waals surface area contributed by atoms with Gasteiger partial charge in [0, 0.05) is 6.07 Å². The van der Waals surface area contributed by atoms with Gasteiger partial charge in [0.15, 0.2) is 11.0 Å². The van der Waals surface area contributed by atoms with Crippen LogP contribution in [0.25, 0.3) is 11.0 Å². The van der Waals surface area contributed by atoms with Crippen LogP contribution in [0.4, 0.5) is 5.69 Å². The van der Waals surface area contributed by atoms with Crippen LogP contribution in [0.5, 0.6) is 5.75 Å². The van der Waals surface area contributed by atoms with E-state index >= 15 is 0 Å². The van der Waals surface area contributed by atoms with Gasteiger partial charge >= 0.3 is 5.97 Å². The number of carbonyl (C=O) groups is 2. The van der Waals surface area contributed by atoms with E-state index in [1.54, 1.807) is 25.3 Å². The Balaban J connectivity index is 0.00000456. The van der Waals surface area contributed by atoms with E-state index in [1.165, 1.54) is 11.0 Å². The molecule has 36 heavy (non-hydrogen) atoms. The molecule has 1 amide bonds. The van der Waals surface area contributed by atoms with Crippen molar-refractivity contribution in [1.82, 2.24) is 4.57 Å². The average molecular weight is 613 g/mol. The number of imidazole rings is 1. The van der Waals surface area contributed by atoms with Gasteiger partial charge in [-0.3, -0.25) is 4.79 Å². The van der Waals surface area contributed by atoms with Gasteiger partial charge in [0.25, 0.3) is 5.82 Å². The molecule has 0 spiro atoms. The van der Waals surface area contributed by atoms with E-state index < -0.39 is 5.97 Å². The van der Waals surface area contributed by atoms with E-state index in [9.17, 15) is 14.7 Å². The average Bonchev–Trinajstić information content (AvgIpc) is 3.17. The first-order chi connectivity index (χ1) is 17.0. The lowest BCUT2D eigenvalue weighted by atomic mass is 10.1. The molecule has 11 heteroatoms. The molecule has 0 aliphatic carbocycles. The van der Waals surface area contributed by atoms with Gasteiger partial charge in [0.05, 0.1) is 57.9 Å². The molecule has 0 radical (unpaired) electrons. The van der Waals surface area contributed by atoms with E-state index in [2.05, 4.69) is 9.13 Å². The zero-order chi connectivity index (χ0) is 25.2. The minimum Gasteiger partial charge on any atom is -1.00 e. The summed E-state index contributed by atoms with van der Waals surface area (Å²) in [5.41, 5.74) is 2.26. The van der Waals surface area contributed by atoms with Gasteiger partial charge < -0.3 is 53.3 Å². The number of nitrogens with zero attached hydrogens (tertiary/aromatic N) is 3. The lowest BCUT2D eigenvalue weighted by Crippen LogP contribution is -3.00. The van der Waals surface area contributed by atoms with E-state index in [4.69, 9.17) is 19.3 Å². The highest BCUT2D eigenvalue weighted by atomic mass is 127. The molecular weight excluding hydrogens is 581 g/mol.